The van der Waals surface area contributed by atoms with Crippen LogP contribution in [-0.2, 0) is 18.6 Å². The summed E-state index contributed by atoms with van der Waals surface area (Å²) >= 11 is 3.90. The largest absolute Gasteiger partial charge is 0.469 e. The highest BCUT2D eigenvalue weighted by molar-refractivity contribution is 7.98. The van der Waals surface area contributed by atoms with Crippen molar-refractivity contribution in [2.75, 3.05) is 5.75 Å². The lowest BCUT2D eigenvalue weighted by molar-refractivity contribution is 0.458. The van der Waals surface area contributed by atoms with Crippen LogP contribution in [-0.4, -0.2) is 5.75 Å². The van der Waals surface area contributed by atoms with Gasteiger partial charge in [-0.1, -0.05) is 0 Å². The molecule has 5 heteroatoms. The molecule has 18 heavy (non-hydrogen) atoms. The maximum Gasteiger partial charge on any atom is 0.105 e. The van der Waals surface area contributed by atoms with Crippen molar-refractivity contribution < 1.29 is 4.42 Å². The van der Waals surface area contributed by atoms with Crippen molar-refractivity contribution >= 4 is 23.1 Å². The first-order chi connectivity index (χ1) is 8.86. The summed E-state index contributed by atoms with van der Waals surface area (Å²) in [6.07, 6.45) is 3.71. The summed E-state index contributed by atoms with van der Waals surface area (Å²) in [5.74, 6) is 9.04. The van der Waals surface area contributed by atoms with Gasteiger partial charge in [0.15, 0.2) is 0 Å². The van der Waals surface area contributed by atoms with Crippen molar-refractivity contribution in [3.8, 4) is 0 Å². The van der Waals surface area contributed by atoms with Crippen molar-refractivity contribution in [1.82, 2.24) is 5.43 Å². The molecule has 3 nitrogen and oxygen atoms in total. The summed E-state index contributed by atoms with van der Waals surface area (Å²) in [6, 6.07) is 6.36. The molecule has 0 fully saturated rings. The topological polar surface area (TPSA) is 51.2 Å². The van der Waals surface area contributed by atoms with E-state index in [0.717, 1.165) is 17.9 Å². The van der Waals surface area contributed by atoms with Gasteiger partial charge in [0.05, 0.1) is 12.3 Å². The molecular weight excluding hydrogens is 264 g/mol. The Morgan fingerprint density at radius 1 is 1.50 bits per heavy atom. The third-order valence-corrected chi connectivity index (χ3v) is 5.54. The SMILES string of the molecule is NNC(Cc1ccco1)c1cc2c(s1)CCSC2. The highest BCUT2D eigenvalue weighted by Crippen LogP contribution is 2.35. The van der Waals surface area contributed by atoms with E-state index in [4.69, 9.17) is 10.3 Å². The number of fused-ring (bicyclic) bond motifs is 1. The van der Waals surface area contributed by atoms with E-state index < -0.39 is 0 Å². The lowest BCUT2D eigenvalue weighted by Gasteiger charge is -2.12. The van der Waals surface area contributed by atoms with Crippen LogP contribution in [0, 0.1) is 0 Å². The van der Waals surface area contributed by atoms with Crippen LogP contribution in [0.3, 0.4) is 0 Å². The normalized spacial score (nSPS) is 16.5. The lowest BCUT2D eigenvalue weighted by atomic mass is 10.1. The summed E-state index contributed by atoms with van der Waals surface area (Å²) in [4.78, 5) is 2.85. The lowest BCUT2D eigenvalue weighted by Crippen LogP contribution is -2.28. The third kappa shape index (κ3) is 2.49. The Hall–Kier alpha value is -0.750. The van der Waals surface area contributed by atoms with Crippen LogP contribution in [0.5, 0.6) is 0 Å². The first-order valence-electron chi connectivity index (χ1n) is 6.04. The minimum Gasteiger partial charge on any atom is -0.469 e. The predicted octanol–water partition coefficient (Wildman–Crippen LogP) is 2.88. The molecule has 0 aromatic carbocycles. The van der Waals surface area contributed by atoms with Crippen LogP contribution < -0.4 is 11.3 Å². The molecular formula is C13H16N2OS2. The maximum absolute atomic E-state index is 5.69. The molecule has 2 aromatic rings. The summed E-state index contributed by atoms with van der Waals surface area (Å²) in [7, 11) is 0. The van der Waals surface area contributed by atoms with E-state index in [1.807, 2.05) is 35.2 Å². The molecule has 1 unspecified atom stereocenters. The van der Waals surface area contributed by atoms with Crippen LogP contribution in [0.4, 0.5) is 0 Å². The molecule has 0 bridgehead atoms. The minimum absolute atomic E-state index is 0.150. The predicted molar refractivity (Wildman–Crippen MR) is 76.7 cm³/mol. The average molecular weight is 280 g/mol. The van der Waals surface area contributed by atoms with Crippen molar-refractivity contribution in [3.05, 3.63) is 45.5 Å². The van der Waals surface area contributed by atoms with E-state index in [1.54, 1.807) is 6.26 Å². The zero-order chi connectivity index (χ0) is 12.4. The van der Waals surface area contributed by atoms with E-state index >= 15 is 0 Å². The summed E-state index contributed by atoms with van der Waals surface area (Å²) in [5, 5.41) is 0. The maximum atomic E-state index is 5.69. The molecule has 0 amide bonds. The van der Waals surface area contributed by atoms with Gasteiger partial charge >= 0.3 is 0 Å². The quantitative estimate of drug-likeness (QED) is 0.668. The molecule has 1 aliphatic heterocycles. The Morgan fingerprint density at radius 3 is 3.17 bits per heavy atom. The second-order valence-corrected chi connectivity index (χ2v) is 6.68. The van der Waals surface area contributed by atoms with Gasteiger partial charge in [-0.25, -0.2) is 0 Å². The molecule has 2 aromatic heterocycles. The molecule has 0 aliphatic carbocycles. The van der Waals surface area contributed by atoms with Crippen molar-refractivity contribution in [2.24, 2.45) is 5.84 Å². The Bertz CT molecular complexity index is 484. The molecule has 3 heterocycles. The second-order valence-electron chi connectivity index (χ2n) is 4.40. The molecule has 1 aliphatic rings. The number of hydrogen-bond acceptors (Lipinski definition) is 5. The van der Waals surface area contributed by atoms with Crippen LogP contribution in [0.25, 0.3) is 0 Å². The van der Waals surface area contributed by atoms with E-state index in [9.17, 15) is 0 Å². The zero-order valence-corrected chi connectivity index (χ0v) is 11.7. The molecule has 3 N–H and O–H groups in total. The van der Waals surface area contributed by atoms with Crippen molar-refractivity contribution in [3.63, 3.8) is 0 Å². The smallest absolute Gasteiger partial charge is 0.105 e. The first-order valence-corrected chi connectivity index (χ1v) is 8.01. The van der Waals surface area contributed by atoms with Gasteiger partial charge in [-0.3, -0.25) is 11.3 Å². The van der Waals surface area contributed by atoms with E-state index in [1.165, 1.54) is 27.5 Å². The number of hydrogen-bond donors (Lipinski definition) is 2. The summed E-state index contributed by atoms with van der Waals surface area (Å²) in [5.41, 5.74) is 4.40. The number of thioether (sulfide) groups is 1. The highest BCUT2D eigenvalue weighted by Gasteiger charge is 2.19. The standard InChI is InChI=1S/C13H16N2OS2/c14-15-11(7-10-2-1-4-16-10)13-6-9-8-17-5-3-12(9)18-13/h1-2,4,6,11,15H,3,5,7-8,14H2. The van der Waals surface area contributed by atoms with Gasteiger partial charge in [0, 0.05) is 21.9 Å². The third-order valence-electron chi connectivity index (χ3n) is 3.18. The Labute approximate surface area is 115 Å². The molecule has 1 atom stereocenters. The Balaban J connectivity index is 1.80. The summed E-state index contributed by atoms with van der Waals surface area (Å²) < 4.78 is 5.39. The highest BCUT2D eigenvalue weighted by atomic mass is 32.2. The van der Waals surface area contributed by atoms with E-state index in [0.29, 0.717) is 0 Å². The molecule has 0 spiro atoms. The molecule has 0 saturated heterocycles. The van der Waals surface area contributed by atoms with Gasteiger partial charge < -0.3 is 4.42 Å². The number of furan rings is 1. The number of nitrogens with one attached hydrogen (secondary N) is 1. The first kappa shape index (κ1) is 12.3. The van der Waals surface area contributed by atoms with E-state index in [2.05, 4.69) is 11.5 Å². The number of rotatable bonds is 4. The van der Waals surface area contributed by atoms with Crippen molar-refractivity contribution in [1.29, 1.82) is 0 Å². The fourth-order valence-electron chi connectivity index (χ4n) is 2.21. The van der Waals surface area contributed by atoms with Gasteiger partial charge in [-0.15, -0.1) is 11.3 Å². The average Bonchev–Trinajstić information content (AvgIpc) is 3.04. The summed E-state index contributed by atoms with van der Waals surface area (Å²) in [6.45, 7) is 0. The molecule has 0 saturated carbocycles. The van der Waals surface area contributed by atoms with E-state index in [-0.39, 0.29) is 6.04 Å². The van der Waals surface area contributed by atoms with Crippen LogP contribution >= 0.6 is 23.1 Å². The minimum atomic E-state index is 0.150. The fourth-order valence-corrected chi connectivity index (χ4v) is 4.65. The zero-order valence-electron chi connectivity index (χ0n) is 10.0. The van der Waals surface area contributed by atoms with Gasteiger partial charge in [-0.2, -0.15) is 11.8 Å². The van der Waals surface area contributed by atoms with Gasteiger partial charge in [0.25, 0.3) is 0 Å². The number of aryl methyl sites for hydroxylation is 1. The van der Waals surface area contributed by atoms with Gasteiger partial charge in [0.2, 0.25) is 0 Å². The molecule has 0 radical (unpaired) electrons. The van der Waals surface area contributed by atoms with Crippen molar-refractivity contribution in [2.45, 2.75) is 24.6 Å². The fraction of sp³-hybridized carbons (Fsp3) is 0.385. The number of hydrazine groups is 1. The second kappa shape index (κ2) is 5.48. The van der Waals surface area contributed by atoms with Gasteiger partial charge in [-0.05, 0) is 35.9 Å². The van der Waals surface area contributed by atoms with Gasteiger partial charge in [0.1, 0.15) is 5.76 Å². The molecule has 3 rings (SSSR count). The Morgan fingerprint density at radius 2 is 2.44 bits per heavy atom. The number of nitrogens with two attached hydrogens (primary N) is 1. The monoisotopic (exact) mass is 280 g/mol. The molecule has 96 valence electrons. The van der Waals surface area contributed by atoms with Crippen LogP contribution in [0.2, 0.25) is 0 Å². The van der Waals surface area contributed by atoms with Crippen LogP contribution in [0.15, 0.2) is 28.9 Å². The van der Waals surface area contributed by atoms with Crippen LogP contribution in [0.1, 0.15) is 27.1 Å². The number of thiophene rings is 1. The Kier molecular flexibility index (Phi) is 3.75.